The summed E-state index contributed by atoms with van der Waals surface area (Å²) in [4.78, 5) is 21.4. The molecule has 5 rings (SSSR count). The maximum Gasteiger partial charge on any atom is 0.271 e. The van der Waals surface area contributed by atoms with Gasteiger partial charge in [-0.15, -0.1) is 0 Å². The molecule has 0 spiro atoms. The third-order valence-electron chi connectivity index (χ3n) is 5.20. The standard InChI is InChI=1S/C22H21ClN8O2/c1-30-11-17(26-12-30)28-16-10-13(6-7-24-16)18-19(20-22(32)25-8-9-31(20)29-18)27-15-5-3-4-14(23)21(15)33-2/h3-7,10-12,27H,8-9H2,1-2H3,(H,24,28)(H,25,32). The average molecular weight is 465 g/mol. The number of para-hydroxylation sites is 1. The number of pyridine rings is 1. The van der Waals surface area contributed by atoms with Crippen LogP contribution in [0.4, 0.5) is 23.0 Å². The van der Waals surface area contributed by atoms with E-state index in [9.17, 15) is 4.79 Å². The number of aryl methyl sites for hydroxylation is 1. The lowest BCUT2D eigenvalue weighted by molar-refractivity contribution is 0.0925. The molecule has 1 aliphatic rings. The van der Waals surface area contributed by atoms with Crippen LogP contribution >= 0.6 is 11.6 Å². The fraction of sp³-hybridized carbons (Fsp3) is 0.182. The van der Waals surface area contributed by atoms with Crippen molar-refractivity contribution in [3.8, 4) is 17.0 Å². The van der Waals surface area contributed by atoms with Crippen LogP contribution in [0, 0.1) is 0 Å². The molecule has 1 aromatic carbocycles. The van der Waals surface area contributed by atoms with Crippen molar-refractivity contribution in [2.24, 2.45) is 7.05 Å². The number of imidazole rings is 1. The van der Waals surface area contributed by atoms with Gasteiger partial charge in [0.1, 0.15) is 23.0 Å². The third-order valence-corrected chi connectivity index (χ3v) is 5.50. The maximum absolute atomic E-state index is 12.8. The van der Waals surface area contributed by atoms with Gasteiger partial charge >= 0.3 is 0 Å². The van der Waals surface area contributed by atoms with Gasteiger partial charge in [-0.3, -0.25) is 9.48 Å². The highest BCUT2D eigenvalue weighted by Crippen LogP contribution is 2.39. The first-order valence-electron chi connectivity index (χ1n) is 10.2. The molecule has 10 nitrogen and oxygen atoms in total. The predicted molar refractivity (Wildman–Crippen MR) is 126 cm³/mol. The number of halogens is 1. The van der Waals surface area contributed by atoms with E-state index in [1.165, 1.54) is 0 Å². The van der Waals surface area contributed by atoms with Crippen LogP contribution in [-0.4, -0.2) is 43.9 Å². The summed E-state index contributed by atoms with van der Waals surface area (Å²) >= 11 is 6.31. The van der Waals surface area contributed by atoms with Crippen LogP contribution in [0.1, 0.15) is 10.5 Å². The van der Waals surface area contributed by atoms with Crippen molar-refractivity contribution < 1.29 is 9.53 Å². The van der Waals surface area contributed by atoms with Crippen LogP contribution < -0.4 is 20.7 Å². The number of rotatable bonds is 6. The first-order valence-corrected chi connectivity index (χ1v) is 10.6. The first-order chi connectivity index (χ1) is 16.0. The number of fused-ring (bicyclic) bond motifs is 1. The fourth-order valence-electron chi connectivity index (χ4n) is 3.74. The summed E-state index contributed by atoms with van der Waals surface area (Å²) in [5.74, 6) is 1.55. The van der Waals surface area contributed by atoms with E-state index in [-0.39, 0.29) is 5.91 Å². The highest BCUT2D eigenvalue weighted by molar-refractivity contribution is 6.32. The highest BCUT2D eigenvalue weighted by Gasteiger charge is 2.28. The number of carbonyl (C=O) groups excluding carboxylic acids is 1. The lowest BCUT2D eigenvalue weighted by Gasteiger charge is -2.17. The number of carbonyl (C=O) groups is 1. The van der Waals surface area contributed by atoms with Crippen molar-refractivity contribution in [3.63, 3.8) is 0 Å². The zero-order chi connectivity index (χ0) is 22.9. The van der Waals surface area contributed by atoms with Crippen LogP contribution in [0.3, 0.4) is 0 Å². The van der Waals surface area contributed by atoms with Gasteiger partial charge in [-0.2, -0.15) is 5.10 Å². The molecule has 11 heteroatoms. The molecule has 4 aromatic rings. The molecule has 3 N–H and O–H groups in total. The third kappa shape index (κ3) is 3.96. The molecule has 0 radical (unpaired) electrons. The minimum absolute atomic E-state index is 0.204. The normalized spacial score (nSPS) is 12.8. The van der Waals surface area contributed by atoms with Crippen LogP contribution in [0.25, 0.3) is 11.3 Å². The van der Waals surface area contributed by atoms with E-state index < -0.39 is 0 Å². The number of nitrogens with zero attached hydrogens (tertiary/aromatic N) is 5. The van der Waals surface area contributed by atoms with Crippen molar-refractivity contribution in [1.29, 1.82) is 0 Å². The first kappa shape index (κ1) is 20.8. The van der Waals surface area contributed by atoms with E-state index in [4.69, 9.17) is 21.4 Å². The van der Waals surface area contributed by atoms with E-state index in [1.807, 2.05) is 42.1 Å². The summed E-state index contributed by atoms with van der Waals surface area (Å²) in [5.41, 5.74) is 3.01. The monoisotopic (exact) mass is 464 g/mol. The number of ether oxygens (including phenoxy) is 1. The van der Waals surface area contributed by atoms with E-state index in [2.05, 4.69) is 25.9 Å². The summed E-state index contributed by atoms with van der Waals surface area (Å²) in [6, 6.07) is 9.09. The molecule has 0 atom stereocenters. The number of nitrogens with one attached hydrogen (secondary N) is 3. The van der Waals surface area contributed by atoms with Gasteiger partial charge in [0.2, 0.25) is 0 Å². The molecular formula is C22H21ClN8O2. The van der Waals surface area contributed by atoms with Crippen LogP contribution in [0.5, 0.6) is 5.75 Å². The summed E-state index contributed by atoms with van der Waals surface area (Å²) in [7, 11) is 3.44. The number of amides is 1. The maximum atomic E-state index is 12.8. The molecular weight excluding hydrogens is 444 g/mol. The Morgan fingerprint density at radius 3 is 2.85 bits per heavy atom. The molecule has 0 saturated carbocycles. The molecule has 168 valence electrons. The molecule has 1 amide bonds. The zero-order valence-corrected chi connectivity index (χ0v) is 18.7. The Kier molecular flexibility index (Phi) is 5.35. The second-order valence-corrected chi connectivity index (χ2v) is 7.88. The number of aromatic nitrogens is 5. The fourth-order valence-corrected chi connectivity index (χ4v) is 3.99. The SMILES string of the molecule is COc1c(Cl)cccc1Nc1c(-c2ccnc(Nc3cn(C)cn3)c2)nn2c1C(=O)NCC2. The van der Waals surface area contributed by atoms with Crippen molar-refractivity contribution in [1.82, 2.24) is 29.6 Å². The second-order valence-electron chi connectivity index (χ2n) is 7.48. The quantitative estimate of drug-likeness (QED) is 0.400. The average Bonchev–Trinajstić information content (AvgIpc) is 3.38. The lowest BCUT2D eigenvalue weighted by atomic mass is 10.1. The van der Waals surface area contributed by atoms with Gasteiger partial charge in [-0.1, -0.05) is 17.7 Å². The van der Waals surface area contributed by atoms with Crippen LogP contribution in [-0.2, 0) is 13.6 Å². The van der Waals surface area contributed by atoms with Crippen molar-refractivity contribution >= 4 is 40.5 Å². The number of hydrogen-bond donors (Lipinski definition) is 3. The van der Waals surface area contributed by atoms with Crippen molar-refractivity contribution in [2.75, 3.05) is 24.3 Å². The molecule has 0 fully saturated rings. The molecule has 0 bridgehead atoms. The topological polar surface area (TPSA) is 111 Å². The van der Waals surface area contributed by atoms with E-state index >= 15 is 0 Å². The molecule has 4 heterocycles. The Labute approximate surface area is 194 Å². The second kappa shape index (κ2) is 8.47. The number of methoxy groups -OCH3 is 1. The van der Waals surface area contributed by atoms with Crippen LogP contribution in [0.15, 0.2) is 49.1 Å². The summed E-state index contributed by atoms with van der Waals surface area (Å²) in [5, 5.41) is 14.6. The summed E-state index contributed by atoms with van der Waals surface area (Å²) < 4.78 is 9.03. The van der Waals surface area contributed by atoms with Gasteiger partial charge in [-0.25, -0.2) is 9.97 Å². The van der Waals surface area contributed by atoms with Gasteiger partial charge in [0.05, 0.1) is 36.4 Å². The van der Waals surface area contributed by atoms with Crippen LogP contribution in [0.2, 0.25) is 5.02 Å². The smallest absolute Gasteiger partial charge is 0.271 e. The molecule has 1 aliphatic heterocycles. The summed E-state index contributed by atoms with van der Waals surface area (Å²) in [6.45, 7) is 1.07. The van der Waals surface area contributed by atoms with Crippen molar-refractivity contribution in [3.05, 3.63) is 59.8 Å². The van der Waals surface area contributed by atoms with Gasteiger partial charge in [-0.05, 0) is 24.3 Å². The minimum Gasteiger partial charge on any atom is -0.493 e. The predicted octanol–water partition coefficient (Wildman–Crippen LogP) is 3.57. The Hall–Kier alpha value is -4.05. The lowest BCUT2D eigenvalue weighted by Crippen LogP contribution is -2.35. The van der Waals surface area contributed by atoms with Gasteiger partial charge in [0, 0.05) is 31.5 Å². The molecule has 33 heavy (non-hydrogen) atoms. The molecule has 3 aromatic heterocycles. The number of anilines is 4. The Balaban J connectivity index is 1.59. The molecule has 0 saturated heterocycles. The Morgan fingerprint density at radius 2 is 2.06 bits per heavy atom. The van der Waals surface area contributed by atoms with E-state index in [0.717, 1.165) is 5.56 Å². The zero-order valence-electron chi connectivity index (χ0n) is 18.0. The Bertz CT molecular complexity index is 1350. The highest BCUT2D eigenvalue weighted by atomic mass is 35.5. The van der Waals surface area contributed by atoms with E-state index in [1.54, 1.807) is 30.4 Å². The number of hydrogen-bond acceptors (Lipinski definition) is 7. The summed E-state index contributed by atoms with van der Waals surface area (Å²) in [6.07, 6.45) is 5.24. The van der Waals surface area contributed by atoms with E-state index in [0.29, 0.717) is 58.3 Å². The van der Waals surface area contributed by atoms with Gasteiger partial charge in [0.25, 0.3) is 5.91 Å². The number of benzene rings is 1. The largest absolute Gasteiger partial charge is 0.493 e. The van der Waals surface area contributed by atoms with Gasteiger partial charge < -0.3 is 25.3 Å². The molecule has 0 aliphatic carbocycles. The Morgan fingerprint density at radius 1 is 1.18 bits per heavy atom. The molecule has 0 unspecified atom stereocenters. The minimum atomic E-state index is -0.204. The van der Waals surface area contributed by atoms with Crippen molar-refractivity contribution in [2.45, 2.75) is 6.54 Å². The van der Waals surface area contributed by atoms with Gasteiger partial charge in [0.15, 0.2) is 5.75 Å².